The summed E-state index contributed by atoms with van der Waals surface area (Å²) in [5, 5.41) is 7.46. The molecule has 0 spiro atoms. The van der Waals surface area contributed by atoms with E-state index in [0.717, 1.165) is 25.7 Å². The maximum absolute atomic E-state index is 13.1. The monoisotopic (exact) mass is 351 g/mol. The van der Waals surface area contributed by atoms with Gasteiger partial charge in [-0.2, -0.15) is 5.10 Å². The molecule has 138 valence electrons. The van der Waals surface area contributed by atoms with E-state index in [1.54, 1.807) is 0 Å². The van der Waals surface area contributed by atoms with Crippen molar-refractivity contribution < 1.29 is 13.6 Å². The molecule has 0 aromatic carbocycles. The molecule has 25 heavy (non-hydrogen) atoms. The Kier molecular flexibility index (Phi) is 3.75. The number of anilines is 1. The second kappa shape index (κ2) is 5.52. The molecular weight excluding hydrogens is 324 g/mol. The average Bonchev–Trinajstić information content (AvgIpc) is 2.67. The van der Waals surface area contributed by atoms with Gasteiger partial charge in [-0.15, -0.1) is 0 Å². The topological polar surface area (TPSA) is 46.9 Å². The van der Waals surface area contributed by atoms with Crippen LogP contribution in [-0.4, -0.2) is 21.6 Å². The lowest BCUT2D eigenvalue weighted by Crippen LogP contribution is -2.42. The van der Waals surface area contributed by atoms with Crippen LogP contribution in [0.25, 0.3) is 0 Å². The molecule has 0 aliphatic heterocycles. The first kappa shape index (κ1) is 17.0. The number of rotatable bonds is 4. The number of halogens is 2. The Balaban J connectivity index is 1.56. The molecule has 0 saturated heterocycles. The number of nitrogens with one attached hydrogen (secondary N) is 1. The Labute approximate surface area is 147 Å². The maximum Gasteiger partial charge on any atom is 0.249 e. The van der Waals surface area contributed by atoms with Gasteiger partial charge in [0.15, 0.2) is 5.82 Å². The molecule has 1 aromatic heterocycles. The van der Waals surface area contributed by atoms with Gasteiger partial charge in [-0.1, -0.05) is 20.3 Å². The number of hydrogen-bond donors (Lipinski definition) is 1. The summed E-state index contributed by atoms with van der Waals surface area (Å²) < 4.78 is 28.0. The maximum atomic E-state index is 13.1. The van der Waals surface area contributed by atoms with Gasteiger partial charge < -0.3 is 5.32 Å². The van der Waals surface area contributed by atoms with Gasteiger partial charge in [0.1, 0.15) is 0 Å². The van der Waals surface area contributed by atoms with Crippen LogP contribution >= 0.6 is 0 Å². The predicted octanol–water partition coefficient (Wildman–Crippen LogP) is 4.58. The van der Waals surface area contributed by atoms with E-state index in [0.29, 0.717) is 23.1 Å². The molecule has 4 nitrogen and oxygen atoms in total. The third kappa shape index (κ3) is 2.97. The Morgan fingerprint density at radius 2 is 1.80 bits per heavy atom. The molecule has 4 rings (SSSR count). The summed E-state index contributed by atoms with van der Waals surface area (Å²) in [4.78, 5) is 12.3. The normalized spacial score (nSPS) is 25.8. The molecule has 1 N–H and O–H groups in total. The van der Waals surface area contributed by atoms with Crippen LogP contribution in [0.1, 0.15) is 81.9 Å². The molecule has 3 aliphatic rings. The molecule has 0 unspecified atom stereocenters. The van der Waals surface area contributed by atoms with Crippen molar-refractivity contribution in [2.75, 3.05) is 5.32 Å². The highest BCUT2D eigenvalue weighted by molar-refractivity contribution is 5.93. The number of aromatic nitrogens is 2. The van der Waals surface area contributed by atoms with Crippen molar-refractivity contribution in [2.24, 2.45) is 18.4 Å². The summed E-state index contributed by atoms with van der Waals surface area (Å²) in [6, 6.07) is 0. The van der Waals surface area contributed by atoms with Crippen LogP contribution in [0, 0.1) is 11.3 Å². The first-order valence-corrected chi connectivity index (χ1v) is 9.41. The molecule has 1 aromatic rings. The largest absolute Gasteiger partial charge is 0.309 e. The van der Waals surface area contributed by atoms with Gasteiger partial charge in [0.05, 0.1) is 0 Å². The zero-order valence-electron chi connectivity index (χ0n) is 15.2. The smallest absolute Gasteiger partial charge is 0.249 e. The van der Waals surface area contributed by atoms with Gasteiger partial charge in [-0.25, -0.2) is 8.78 Å². The van der Waals surface area contributed by atoms with Crippen LogP contribution < -0.4 is 5.32 Å². The standard InChI is InChI=1S/C19H27F2N3O/c1-18(2)7-12(8-18)15-14(11-5-4-6-11)16(23-24(15)3)22-17(25)13-9-19(20,21)10-13/h11-13H,4-10H2,1-3H3,(H,22,23,25). The van der Waals surface area contributed by atoms with E-state index >= 15 is 0 Å². The van der Waals surface area contributed by atoms with Crippen molar-refractivity contribution in [1.82, 2.24) is 9.78 Å². The molecule has 3 saturated carbocycles. The molecule has 0 atom stereocenters. The van der Waals surface area contributed by atoms with Crippen LogP contribution in [0.4, 0.5) is 14.6 Å². The number of carbonyl (C=O) groups is 1. The predicted molar refractivity (Wildman–Crippen MR) is 91.9 cm³/mol. The van der Waals surface area contributed by atoms with Gasteiger partial charge in [0.2, 0.25) is 11.8 Å². The van der Waals surface area contributed by atoms with Crippen LogP contribution in [0.3, 0.4) is 0 Å². The van der Waals surface area contributed by atoms with E-state index < -0.39 is 11.8 Å². The van der Waals surface area contributed by atoms with Crippen molar-refractivity contribution in [3.05, 3.63) is 11.3 Å². The van der Waals surface area contributed by atoms with Gasteiger partial charge in [-0.05, 0) is 37.0 Å². The third-order valence-corrected chi connectivity index (χ3v) is 6.33. The van der Waals surface area contributed by atoms with Gasteiger partial charge in [-0.3, -0.25) is 9.48 Å². The lowest BCUT2D eigenvalue weighted by molar-refractivity contribution is -0.145. The second-order valence-corrected chi connectivity index (χ2v) is 9.12. The number of amides is 1. The highest BCUT2D eigenvalue weighted by atomic mass is 19.3. The van der Waals surface area contributed by atoms with Gasteiger partial charge in [0, 0.05) is 43.0 Å². The van der Waals surface area contributed by atoms with E-state index in [-0.39, 0.29) is 18.7 Å². The van der Waals surface area contributed by atoms with E-state index in [1.807, 2.05) is 11.7 Å². The number of aryl methyl sites for hydroxylation is 1. The quantitative estimate of drug-likeness (QED) is 0.863. The fourth-order valence-corrected chi connectivity index (χ4v) is 4.76. The number of alkyl halides is 2. The minimum Gasteiger partial charge on any atom is -0.309 e. The minimum atomic E-state index is -2.68. The SMILES string of the molecule is Cn1nc(NC(=O)C2CC(F)(F)C2)c(C2CCC2)c1C1CC(C)(C)C1. The van der Waals surface area contributed by atoms with Crippen LogP contribution in [-0.2, 0) is 11.8 Å². The summed E-state index contributed by atoms with van der Waals surface area (Å²) >= 11 is 0. The summed E-state index contributed by atoms with van der Waals surface area (Å²) in [5.74, 6) is -2.01. The average molecular weight is 351 g/mol. The molecule has 3 fully saturated rings. The second-order valence-electron chi connectivity index (χ2n) is 9.12. The van der Waals surface area contributed by atoms with Crippen LogP contribution in [0.15, 0.2) is 0 Å². The van der Waals surface area contributed by atoms with Crippen molar-refractivity contribution >= 4 is 11.7 Å². The van der Waals surface area contributed by atoms with E-state index in [9.17, 15) is 13.6 Å². The fourth-order valence-electron chi connectivity index (χ4n) is 4.76. The first-order chi connectivity index (χ1) is 11.7. The third-order valence-electron chi connectivity index (χ3n) is 6.33. The number of nitrogens with zero attached hydrogens (tertiary/aromatic N) is 2. The molecule has 1 amide bonds. The van der Waals surface area contributed by atoms with E-state index in [4.69, 9.17) is 0 Å². The molecule has 6 heteroatoms. The van der Waals surface area contributed by atoms with Crippen LogP contribution in [0.2, 0.25) is 0 Å². The first-order valence-electron chi connectivity index (χ1n) is 9.41. The molecule has 0 radical (unpaired) electrons. The van der Waals surface area contributed by atoms with Crippen molar-refractivity contribution in [1.29, 1.82) is 0 Å². The molecule has 3 aliphatic carbocycles. The molecular formula is C19H27F2N3O. The highest BCUT2D eigenvalue weighted by Gasteiger charge is 2.49. The zero-order chi connectivity index (χ0) is 18.0. The number of hydrogen-bond acceptors (Lipinski definition) is 2. The van der Waals surface area contributed by atoms with Crippen molar-refractivity contribution in [3.8, 4) is 0 Å². The Bertz CT molecular complexity index is 690. The summed E-state index contributed by atoms with van der Waals surface area (Å²) in [6.07, 6.45) is 5.04. The fraction of sp³-hybridized carbons (Fsp3) is 0.789. The lowest BCUT2D eigenvalue weighted by atomic mass is 9.62. The van der Waals surface area contributed by atoms with Gasteiger partial charge >= 0.3 is 0 Å². The van der Waals surface area contributed by atoms with Crippen molar-refractivity contribution in [3.63, 3.8) is 0 Å². The van der Waals surface area contributed by atoms with Gasteiger partial charge in [0.25, 0.3) is 0 Å². The Hall–Kier alpha value is -1.46. The van der Waals surface area contributed by atoms with E-state index in [2.05, 4.69) is 24.3 Å². The van der Waals surface area contributed by atoms with Crippen molar-refractivity contribution in [2.45, 2.75) is 76.6 Å². The minimum absolute atomic E-state index is 0.301. The molecule has 1 heterocycles. The van der Waals surface area contributed by atoms with Crippen LogP contribution in [0.5, 0.6) is 0 Å². The lowest BCUT2D eigenvalue weighted by Gasteiger charge is -2.44. The Morgan fingerprint density at radius 1 is 1.16 bits per heavy atom. The zero-order valence-corrected chi connectivity index (χ0v) is 15.2. The summed E-state index contributed by atoms with van der Waals surface area (Å²) in [7, 11) is 1.94. The summed E-state index contributed by atoms with van der Waals surface area (Å²) in [5.41, 5.74) is 2.79. The highest BCUT2D eigenvalue weighted by Crippen LogP contribution is 2.54. The summed E-state index contributed by atoms with van der Waals surface area (Å²) in [6.45, 7) is 4.56. The van der Waals surface area contributed by atoms with E-state index in [1.165, 1.54) is 17.7 Å². The Morgan fingerprint density at radius 3 is 2.28 bits per heavy atom. The molecule has 0 bridgehead atoms. The number of carbonyl (C=O) groups excluding carboxylic acids is 1.